The molecule has 2 amide bonds. The fourth-order valence-corrected chi connectivity index (χ4v) is 1.80. The highest BCUT2D eigenvalue weighted by Crippen LogP contribution is 2.25. The molecule has 0 radical (unpaired) electrons. The van der Waals surface area contributed by atoms with E-state index in [-0.39, 0.29) is 18.0 Å². The van der Waals surface area contributed by atoms with E-state index in [0.717, 1.165) is 12.0 Å². The Kier molecular flexibility index (Phi) is 4.34. The van der Waals surface area contributed by atoms with Crippen LogP contribution in [0.4, 0.5) is 4.79 Å². The van der Waals surface area contributed by atoms with Gasteiger partial charge in [-0.3, -0.25) is 4.79 Å². The van der Waals surface area contributed by atoms with Crippen LogP contribution in [0.5, 0.6) is 0 Å². The Balaban J connectivity index is 2.26. The summed E-state index contributed by atoms with van der Waals surface area (Å²) in [6, 6.07) is -0.273. The van der Waals surface area contributed by atoms with Gasteiger partial charge >= 0.3 is 12.0 Å². The molecule has 0 spiro atoms. The molecule has 1 aliphatic rings. The number of aliphatic carboxylic acids is 1. The molecule has 16 heavy (non-hydrogen) atoms. The summed E-state index contributed by atoms with van der Waals surface area (Å²) in [7, 11) is 0. The van der Waals surface area contributed by atoms with Crippen LogP contribution in [-0.2, 0) is 4.79 Å². The summed E-state index contributed by atoms with van der Waals surface area (Å²) in [5.74, 6) is -1.09. The van der Waals surface area contributed by atoms with E-state index in [1.165, 1.54) is 0 Å². The number of hydrogen-bond acceptors (Lipinski definition) is 2. The number of urea groups is 1. The SMILES string of the molecule is C=C(C)CNC(=O)N[C@H]1CC[C@@H](C(=O)O)C1. The molecule has 0 unspecified atom stereocenters. The third-order valence-corrected chi connectivity index (χ3v) is 2.67. The van der Waals surface area contributed by atoms with Crippen molar-refractivity contribution in [1.29, 1.82) is 0 Å². The first-order chi connectivity index (χ1) is 7.49. The zero-order valence-corrected chi connectivity index (χ0v) is 9.45. The fraction of sp³-hybridized carbons (Fsp3) is 0.636. The normalized spacial score (nSPS) is 23.8. The standard InChI is InChI=1S/C11H18N2O3/c1-7(2)6-12-11(16)13-9-4-3-8(5-9)10(14)15/h8-9H,1,3-6H2,2H3,(H,14,15)(H2,12,13,16)/t8-,9+/m1/s1. The van der Waals surface area contributed by atoms with Crippen molar-refractivity contribution in [2.24, 2.45) is 5.92 Å². The van der Waals surface area contributed by atoms with Gasteiger partial charge in [-0.15, -0.1) is 0 Å². The van der Waals surface area contributed by atoms with Gasteiger partial charge in [-0.1, -0.05) is 12.2 Å². The molecule has 0 aliphatic heterocycles. The molecule has 0 aromatic heterocycles. The molecular formula is C11H18N2O3. The predicted octanol–water partition coefficient (Wildman–Crippen LogP) is 1.11. The zero-order valence-electron chi connectivity index (χ0n) is 9.45. The van der Waals surface area contributed by atoms with Gasteiger partial charge in [0.15, 0.2) is 0 Å². The van der Waals surface area contributed by atoms with E-state index >= 15 is 0 Å². The molecule has 0 aromatic carbocycles. The maximum Gasteiger partial charge on any atom is 0.315 e. The number of carboxylic acids is 1. The lowest BCUT2D eigenvalue weighted by Gasteiger charge is -2.13. The molecular weight excluding hydrogens is 208 g/mol. The second-order valence-corrected chi connectivity index (χ2v) is 4.33. The maximum absolute atomic E-state index is 11.4. The van der Waals surface area contributed by atoms with Crippen molar-refractivity contribution in [3.8, 4) is 0 Å². The summed E-state index contributed by atoms with van der Waals surface area (Å²) in [6.45, 7) is 5.95. The Morgan fingerprint density at radius 3 is 2.62 bits per heavy atom. The molecule has 0 aromatic rings. The third-order valence-electron chi connectivity index (χ3n) is 2.67. The van der Waals surface area contributed by atoms with Gasteiger partial charge in [0.1, 0.15) is 0 Å². The largest absolute Gasteiger partial charge is 0.481 e. The van der Waals surface area contributed by atoms with E-state index < -0.39 is 5.97 Å². The summed E-state index contributed by atoms with van der Waals surface area (Å²) in [5, 5.41) is 14.2. The monoisotopic (exact) mass is 226 g/mol. The highest BCUT2D eigenvalue weighted by atomic mass is 16.4. The van der Waals surface area contributed by atoms with Crippen molar-refractivity contribution in [3.05, 3.63) is 12.2 Å². The van der Waals surface area contributed by atoms with Crippen molar-refractivity contribution in [2.75, 3.05) is 6.54 Å². The second kappa shape index (κ2) is 5.53. The molecule has 0 bridgehead atoms. The van der Waals surface area contributed by atoms with Gasteiger partial charge in [-0.2, -0.15) is 0 Å². The van der Waals surface area contributed by atoms with Crippen LogP contribution < -0.4 is 10.6 Å². The minimum atomic E-state index is -0.772. The number of nitrogens with one attached hydrogen (secondary N) is 2. The lowest BCUT2D eigenvalue weighted by atomic mass is 10.1. The van der Waals surface area contributed by atoms with Gasteiger partial charge in [-0.05, 0) is 26.2 Å². The van der Waals surface area contributed by atoms with E-state index in [1.807, 2.05) is 6.92 Å². The average molecular weight is 226 g/mol. The Morgan fingerprint density at radius 2 is 2.12 bits per heavy atom. The molecule has 2 atom stereocenters. The number of carboxylic acid groups (broad SMARTS) is 1. The van der Waals surface area contributed by atoms with Gasteiger partial charge in [0.05, 0.1) is 5.92 Å². The number of rotatable bonds is 4. The van der Waals surface area contributed by atoms with Crippen LogP contribution in [0.3, 0.4) is 0 Å². The van der Waals surface area contributed by atoms with E-state index in [1.54, 1.807) is 0 Å². The van der Waals surface area contributed by atoms with E-state index in [9.17, 15) is 9.59 Å². The van der Waals surface area contributed by atoms with Crippen LogP contribution in [0.15, 0.2) is 12.2 Å². The van der Waals surface area contributed by atoms with Gasteiger partial charge in [0.25, 0.3) is 0 Å². The lowest BCUT2D eigenvalue weighted by molar-refractivity contribution is -0.141. The molecule has 5 nitrogen and oxygen atoms in total. The lowest BCUT2D eigenvalue weighted by Crippen LogP contribution is -2.41. The van der Waals surface area contributed by atoms with Crippen LogP contribution >= 0.6 is 0 Å². The van der Waals surface area contributed by atoms with Crippen molar-refractivity contribution in [3.63, 3.8) is 0 Å². The fourth-order valence-electron chi connectivity index (χ4n) is 1.80. The van der Waals surface area contributed by atoms with Crippen LogP contribution in [0.2, 0.25) is 0 Å². The van der Waals surface area contributed by atoms with E-state index in [4.69, 9.17) is 5.11 Å². The molecule has 1 fully saturated rings. The molecule has 1 aliphatic carbocycles. The van der Waals surface area contributed by atoms with Gasteiger partial charge in [0.2, 0.25) is 0 Å². The summed E-state index contributed by atoms with van der Waals surface area (Å²) in [6.07, 6.45) is 1.90. The quantitative estimate of drug-likeness (QED) is 0.628. The Bertz CT molecular complexity index is 302. The minimum Gasteiger partial charge on any atom is -0.481 e. The zero-order chi connectivity index (χ0) is 12.1. The summed E-state index contributed by atoms with van der Waals surface area (Å²) in [4.78, 5) is 22.1. The van der Waals surface area contributed by atoms with Crippen molar-refractivity contribution >= 4 is 12.0 Å². The minimum absolute atomic E-state index is 0.0220. The Labute approximate surface area is 94.9 Å². The highest BCUT2D eigenvalue weighted by molar-refractivity contribution is 5.75. The predicted molar refractivity (Wildman–Crippen MR) is 60.1 cm³/mol. The summed E-state index contributed by atoms with van der Waals surface area (Å²) >= 11 is 0. The molecule has 0 heterocycles. The maximum atomic E-state index is 11.4. The molecule has 1 rings (SSSR count). The Hall–Kier alpha value is -1.52. The first kappa shape index (κ1) is 12.5. The van der Waals surface area contributed by atoms with Crippen LogP contribution in [0.1, 0.15) is 26.2 Å². The van der Waals surface area contributed by atoms with Crippen molar-refractivity contribution in [2.45, 2.75) is 32.2 Å². The smallest absolute Gasteiger partial charge is 0.315 e. The molecule has 1 saturated carbocycles. The van der Waals surface area contributed by atoms with Gasteiger partial charge < -0.3 is 15.7 Å². The third kappa shape index (κ3) is 3.92. The Morgan fingerprint density at radius 1 is 1.44 bits per heavy atom. The van der Waals surface area contributed by atoms with Gasteiger partial charge in [0, 0.05) is 12.6 Å². The summed E-state index contributed by atoms with van der Waals surface area (Å²) < 4.78 is 0. The second-order valence-electron chi connectivity index (χ2n) is 4.33. The van der Waals surface area contributed by atoms with Crippen LogP contribution in [0, 0.1) is 5.92 Å². The van der Waals surface area contributed by atoms with E-state index in [2.05, 4.69) is 17.2 Å². The number of carbonyl (C=O) groups is 2. The summed E-state index contributed by atoms with van der Waals surface area (Å²) in [5.41, 5.74) is 0.880. The number of amides is 2. The molecule has 5 heteroatoms. The molecule has 90 valence electrons. The first-order valence-corrected chi connectivity index (χ1v) is 5.40. The average Bonchev–Trinajstić information content (AvgIpc) is 2.63. The van der Waals surface area contributed by atoms with Crippen LogP contribution in [-0.4, -0.2) is 29.7 Å². The highest BCUT2D eigenvalue weighted by Gasteiger charge is 2.30. The van der Waals surface area contributed by atoms with Gasteiger partial charge in [-0.25, -0.2) is 4.79 Å². The first-order valence-electron chi connectivity index (χ1n) is 5.40. The molecule has 3 N–H and O–H groups in total. The topological polar surface area (TPSA) is 78.4 Å². The van der Waals surface area contributed by atoms with E-state index in [0.29, 0.717) is 19.4 Å². The molecule has 0 saturated heterocycles. The number of hydrogen-bond donors (Lipinski definition) is 3. The van der Waals surface area contributed by atoms with Crippen LogP contribution in [0.25, 0.3) is 0 Å². The van der Waals surface area contributed by atoms with Crippen molar-refractivity contribution in [1.82, 2.24) is 10.6 Å². The van der Waals surface area contributed by atoms with Crippen molar-refractivity contribution < 1.29 is 14.7 Å². The number of carbonyl (C=O) groups excluding carboxylic acids is 1.